The van der Waals surface area contributed by atoms with E-state index in [0.29, 0.717) is 0 Å². The number of anilines is 1. The third-order valence-electron chi connectivity index (χ3n) is 5.83. The van der Waals surface area contributed by atoms with Gasteiger partial charge in [0.25, 0.3) is 11.8 Å². The zero-order valence-corrected chi connectivity index (χ0v) is 16.7. The summed E-state index contributed by atoms with van der Waals surface area (Å²) in [5, 5.41) is 2.88. The van der Waals surface area contributed by atoms with Crippen LogP contribution in [0.3, 0.4) is 0 Å². The number of benzene rings is 1. The van der Waals surface area contributed by atoms with E-state index in [-0.39, 0.29) is 22.6 Å². The Hall–Kier alpha value is -2.21. The van der Waals surface area contributed by atoms with Crippen molar-refractivity contribution in [3.63, 3.8) is 0 Å². The van der Waals surface area contributed by atoms with Crippen molar-refractivity contribution in [3.8, 4) is 0 Å². The number of carbonyl (C=O) groups is 2. The number of hydrogen-bond acceptors (Lipinski definition) is 4. The van der Waals surface area contributed by atoms with E-state index in [4.69, 9.17) is 12.2 Å². The zero-order chi connectivity index (χ0) is 19.1. The summed E-state index contributed by atoms with van der Waals surface area (Å²) in [4.78, 5) is 29.4. The highest BCUT2D eigenvalue weighted by Gasteiger charge is 2.35. The summed E-state index contributed by atoms with van der Waals surface area (Å²) < 4.78 is 0. The monoisotopic (exact) mass is 383 g/mol. The Balaban J connectivity index is 1.73. The lowest BCUT2D eigenvalue weighted by molar-refractivity contribution is -0.130. The van der Waals surface area contributed by atoms with Gasteiger partial charge in [0.2, 0.25) is 0 Å². The van der Waals surface area contributed by atoms with Crippen LogP contribution in [0.5, 0.6) is 0 Å². The van der Waals surface area contributed by atoms with E-state index in [2.05, 4.69) is 22.3 Å². The molecule has 0 unspecified atom stereocenters. The van der Waals surface area contributed by atoms with Gasteiger partial charge in [-0.15, -0.1) is 0 Å². The number of rotatable bonds is 3. The largest absolute Gasteiger partial charge is 0.371 e. The third kappa shape index (κ3) is 3.16. The van der Waals surface area contributed by atoms with Crippen molar-refractivity contribution in [2.75, 3.05) is 18.0 Å². The molecule has 3 aliphatic heterocycles. The van der Waals surface area contributed by atoms with Crippen LogP contribution in [-0.2, 0) is 22.4 Å². The first kappa shape index (κ1) is 18.2. The predicted molar refractivity (Wildman–Crippen MR) is 111 cm³/mol. The summed E-state index contributed by atoms with van der Waals surface area (Å²) in [6.07, 6.45) is 6.93. The van der Waals surface area contributed by atoms with Gasteiger partial charge in [-0.2, -0.15) is 0 Å². The van der Waals surface area contributed by atoms with Crippen molar-refractivity contribution < 1.29 is 9.59 Å². The summed E-state index contributed by atoms with van der Waals surface area (Å²) in [5.41, 5.74) is 5.16. The van der Waals surface area contributed by atoms with Crippen LogP contribution < -0.4 is 10.2 Å². The minimum atomic E-state index is -0.405. The molecule has 5 nitrogen and oxygen atoms in total. The smallest absolute Gasteiger partial charge is 0.265 e. The molecule has 0 saturated carbocycles. The van der Waals surface area contributed by atoms with Gasteiger partial charge in [0.15, 0.2) is 5.11 Å². The van der Waals surface area contributed by atoms with Crippen LogP contribution >= 0.6 is 12.2 Å². The molecule has 3 aliphatic rings. The quantitative estimate of drug-likeness (QED) is 0.495. The average Bonchev–Trinajstić information content (AvgIpc) is 2.65. The van der Waals surface area contributed by atoms with Crippen molar-refractivity contribution >= 4 is 40.9 Å². The topological polar surface area (TPSA) is 52.7 Å². The van der Waals surface area contributed by atoms with Gasteiger partial charge in [0.1, 0.15) is 5.57 Å². The van der Waals surface area contributed by atoms with Crippen LogP contribution in [0.2, 0.25) is 0 Å². The lowest BCUT2D eigenvalue weighted by Gasteiger charge is -2.37. The molecule has 142 valence electrons. The maximum Gasteiger partial charge on any atom is 0.265 e. The van der Waals surface area contributed by atoms with Crippen LogP contribution in [0, 0.1) is 0 Å². The molecule has 2 amide bonds. The van der Waals surface area contributed by atoms with Crippen LogP contribution in [0.4, 0.5) is 5.69 Å². The van der Waals surface area contributed by atoms with Crippen molar-refractivity contribution in [2.24, 2.45) is 0 Å². The van der Waals surface area contributed by atoms with Crippen molar-refractivity contribution in [1.82, 2.24) is 10.2 Å². The second-order valence-electron chi connectivity index (χ2n) is 7.63. The Morgan fingerprint density at radius 1 is 1.19 bits per heavy atom. The molecule has 1 atom stereocenters. The lowest BCUT2D eigenvalue weighted by Crippen LogP contribution is -2.56. The molecule has 1 fully saturated rings. The fourth-order valence-electron chi connectivity index (χ4n) is 4.33. The van der Waals surface area contributed by atoms with Gasteiger partial charge in [-0.1, -0.05) is 6.92 Å². The van der Waals surface area contributed by atoms with E-state index < -0.39 is 5.91 Å². The molecular formula is C21H25N3O2S. The minimum Gasteiger partial charge on any atom is -0.371 e. The Labute approximate surface area is 165 Å². The fraction of sp³-hybridized carbons (Fsp3) is 0.476. The number of carbonyl (C=O) groups excluding carboxylic acids is 2. The van der Waals surface area contributed by atoms with Gasteiger partial charge >= 0.3 is 0 Å². The highest BCUT2D eigenvalue weighted by molar-refractivity contribution is 7.80. The van der Waals surface area contributed by atoms with Crippen LogP contribution in [0.25, 0.3) is 6.08 Å². The summed E-state index contributed by atoms with van der Waals surface area (Å²) >= 11 is 5.22. The highest BCUT2D eigenvalue weighted by atomic mass is 32.1. The van der Waals surface area contributed by atoms with Gasteiger partial charge < -0.3 is 4.90 Å². The second-order valence-corrected chi connectivity index (χ2v) is 8.02. The van der Waals surface area contributed by atoms with Crippen molar-refractivity contribution in [2.45, 2.75) is 52.0 Å². The summed E-state index contributed by atoms with van der Waals surface area (Å²) in [6, 6.07) is 4.24. The molecule has 0 bridgehead atoms. The summed E-state index contributed by atoms with van der Waals surface area (Å²) in [7, 11) is 0. The number of thiocarbonyl (C=S) groups is 1. The molecule has 3 heterocycles. The molecule has 4 rings (SSSR count). The van der Waals surface area contributed by atoms with E-state index in [1.165, 1.54) is 21.7 Å². The number of amides is 2. The first-order valence-corrected chi connectivity index (χ1v) is 10.2. The SMILES string of the molecule is CC[C@@H](C)N1C(=O)/C(=C\c2cc3c4c(c2)CCCN4CCC3)C(=O)NC1=S. The lowest BCUT2D eigenvalue weighted by atomic mass is 9.89. The maximum absolute atomic E-state index is 13.0. The number of nitrogens with zero attached hydrogens (tertiary/aromatic N) is 2. The Morgan fingerprint density at radius 2 is 1.81 bits per heavy atom. The van der Waals surface area contributed by atoms with Crippen LogP contribution in [0.1, 0.15) is 49.8 Å². The van der Waals surface area contributed by atoms with Crippen molar-refractivity contribution in [1.29, 1.82) is 0 Å². The summed E-state index contributed by atoms with van der Waals surface area (Å²) in [6.45, 7) is 6.20. The molecule has 1 saturated heterocycles. The van der Waals surface area contributed by atoms with E-state index in [9.17, 15) is 9.59 Å². The molecule has 27 heavy (non-hydrogen) atoms. The minimum absolute atomic E-state index is 0.0488. The first-order valence-electron chi connectivity index (χ1n) is 9.81. The number of aryl methyl sites for hydroxylation is 2. The Kier molecular flexibility index (Phi) is 4.76. The van der Waals surface area contributed by atoms with Crippen LogP contribution in [-0.4, -0.2) is 41.0 Å². The summed E-state index contributed by atoms with van der Waals surface area (Å²) in [5.74, 6) is -0.705. The normalized spacial score (nSPS) is 22.0. The first-order chi connectivity index (χ1) is 13.0. The average molecular weight is 384 g/mol. The van der Waals surface area contributed by atoms with E-state index in [1.54, 1.807) is 6.08 Å². The number of nitrogens with one attached hydrogen (secondary N) is 1. The van der Waals surface area contributed by atoms with E-state index in [1.807, 2.05) is 13.8 Å². The molecule has 0 radical (unpaired) electrons. The van der Waals surface area contributed by atoms with Gasteiger partial charge in [-0.05, 0) is 86.1 Å². The molecule has 0 aliphatic carbocycles. The van der Waals surface area contributed by atoms with Crippen molar-refractivity contribution in [3.05, 3.63) is 34.4 Å². The maximum atomic E-state index is 13.0. The molecule has 6 heteroatoms. The molecular weight excluding hydrogens is 358 g/mol. The fourth-order valence-corrected chi connectivity index (χ4v) is 4.69. The highest BCUT2D eigenvalue weighted by Crippen LogP contribution is 2.36. The van der Waals surface area contributed by atoms with Gasteiger partial charge in [0.05, 0.1) is 0 Å². The zero-order valence-electron chi connectivity index (χ0n) is 15.9. The second kappa shape index (κ2) is 7.08. The van der Waals surface area contributed by atoms with Crippen LogP contribution in [0.15, 0.2) is 17.7 Å². The molecule has 1 N–H and O–H groups in total. The molecule has 0 spiro atoms. The Morgan fingerprint density at radius 3 is 2.41 bits per heavy atom. The van der Waals surface area contributed by atoms with Gasteiger partial charge in [0, 0.05) is 24.8 Å². The van der Waals surface area contributed by atoms with Gasteiger partial charge in [-0.3, -0.25) is 19.8 Å². The predicted octanol–water partition coefficient (Wildman–Crippen LogP) is 2.81. The number of hydrogen-bond donors (Lipinski definition) is 1. The van der Waals surface area contributed by atoms with Gasteiger partial charge in [-0.25, -0.2) is 0 Å². The molecule has 0 aromatic heterocycles. The molecule has 1 aromatic rings. The standard InChI is InChI=1S/C21H25N3O2S/c1-3-13(2)24-20(26)17(19(25)22-21(24)27)12-14-10-15-6-4-8-23-9-5-7-16(11-14)18(15)23/h10-13H,3-9H2,1-2H3,(H,22,25,27)/b17-12-/t13-/m1/s1. The Bertz CT molecular complexity index is 830. The van der Waals surface area contributed by atoms with E-state index in [0.717, 1.165) is 50.8 Å². The third-order valence-corrected chi connectivity index (χ3v) is 6.13. The van der Waals surface area contributed by atoms with E-state index >= 15 is 0 Å². The molecule has 1 aromatic carbocycles.